The van der Waals surface area contributed by atoms with Crippen molar-refractivity contribution < 1.29 is 0 Å². The van der Waals surface area contributed by atoms with Crippen LogP contribution in [0.1, 0.15) is 24.7 Å². The Morgan fingerprint density at radius 2 is 1.11 bits per heavy atom. The second-order valence-electron chi connectivity index (χ2n) is 11.4. The van der Waals surface area contributed by atoms with E-state index in [9.17, 15) is 5.26 Å². The summed E-state index contributed by atoms with van der Waals surface area (Å²) in [4.78, 5) is 19.1. The first-order valence-electron chi connectivity index (χ1n) is 14.9. The van der Waals surface area contributed by atoms with Crippen LogP contribution < -0.4 is 0 Å². The molecule has 0 spiro atoms. The van der Waals surface area contributed by atoms with Gasteiger partial charge in [-0.2, -0.15) is 5.26 Å². The number of benzene rings is 4. The lowest BCUT2D eigenvalue weighted by atomic mass is 9.73. The van der Waals surface area contributed by atoms with Gasteiger partial charge in [0, 0.05) is 39.4 Å². The van der Waals surface area contributed by atoms with Crippen molar-refractivity contribution in [1.82, 2.24) is 19.9 Å². The Balaban J connectivity index is 1.25. The molecular weight excluding hydrogens is 550 g/mol. The average Bonchev–Trinajstić information content (AvgIpc) is 3.12. The van der Waals surface area contributed by atoms with Crippen LogP contribution in [-0.2, 0) is 5.41 Å². The molecule has 7 rings (SSSR count). The number of allylic oxidation sites excluding steroid dienone is 4. The van der Waals surface area contributed by atoms with Gasteiger partial charge in [0.15, 0.2) is 17.5 Å². The minimum Gasteiger partial charge on any atom is -0.256 e. The Kier molecular flexibility index (Phi) is 7.39. The number of nitriles is 1. The predicted molar refractivity (Wildman–Crippen MR) is 179 cm³/mol. The van der Waals surface area contributed by atoms with Gasteiger partial charge in [-0.05, 0) is 41.3 Å². The van der Waals surface area contributed by atoms with E-state index < -0.39 is 5.41 Å². The summed E-state index contributed by atoms with van der Waals surface area (Å²) in [6, 6.07) is 45.3. The molecule has 0 radical (unpaired) electrons. The largest absolute Gasteiger partial charge is 0.256 e. The lowest BCUT2D eigenvalue weighted by molar-refractivity contribution is 0.590. The van der Waals surface area contributed by atoms with E-state index in [2.05, 4.69) is 72.6 Å². The van der Waals surface area contributed by atoms with Crippen molar-refractivity contribution in [3.8, 4) is 51.2 Å². The van der Waals surface area contributed by atoms with E-state index in [4.69, 9.17) is 15.0 Å². The molecule has 2 aromatic heterocycles. The lowest BCUT2D eigenvalue weighted by Crippen LogP contribution is -2.23. The van der Waals surface area contributed by atoms with E-state index in [0.29, 0.717) is 29.5 Å². The smallest absolute Gasteiger partial charge is 0.164 e. The molecule has 0 bridgehead atoms. The van der Waals surface area contributed by atoms with Crippen molar-refractivity contribution in [2.24, 2.45) is 0 Å². The second kappa shape index (κ2) is 11.9. The Morgan fingerprint density at radius 1 is 0.578 bits per heavy atom. The van der Waals surface area contributed by atoms with Crippen LogP contribution in [0.4, 0.5) is 0 Å². The van der Waals surface area contributed by atoms with E-state index in [1.165, 1.54) is 0 Å². The third-order valence-corrected chi connectivity index (χ3v) is 8.19. The van der Waals surface area contributed by atoms with Gasteiger partial charge in [0.25, 0.3) is 0 Å². The van der Waals surface area contributed by atoms with Crippen molar-refractivity contribution in [3.05, 3.63) is 163 Å². The summed E-state index contributed by atoms with van der Waals surface area (Å²) in [5.41, 5.74) is 8.31. The topological polar surface area (TPSA) is 75.3 Å². The standard InChI is InChI=1S/C40H29N5/c1-40(35-21-19-30(20-22-35)29-15-17-31(18-16-29)36-14-8-9-23-42-36)25-28(27-41)24-34(26-40)39-44-37(32-10-4-2-5-11-32)43-38(45-39)33-12-6-3-7-13-33/h2-24,26H,25H2,1H3. The summed E-state index contributed by atoms with van der Waals surface area (Å²) in [7, 11) is 0. The first-order chi connectivity index (χ1) is 22.1. The van der Waals surface area contributed by atoms with Crippen molar-refractivity contribution >= 4 is 5.57 Å². The highest BCUT2D eigenvalue weighted by Gasteiger charge is 2.31. The van der Waals surface area contributed by atoms with Crippen LogP contribution >= 0.6 is 0 Å². The van der Waals surface area contributed by atoms with Gasteiger partial charge < -0.3 is 0 Å². The summed E-state index contributed by atoms with van der Waals surface area (Å²) in [6.45, 7) is 2.17. The molecule has 0 fully saturated rings. The highest BCUT2D eigenvalue weighted by atomic mass is 15.0. The molecular formula is C40H29N5. The maximum absolute atomic E-state index is 10.1. The maximum atomic E-state index is 10.1. The van der Waals surface area contributed by atoms with Gasteiger partial charge in [0.05, 0.1) is 11.8 Å². The normalized spacial score (nSPS) is 15.9. The summed E-state index contributed by atoms with van der Waals surface area (Å²) >= 11 is 0. The van der Waals surface area contributed by atoms with Crippen molar-refractivity contribution in [2.45, 2.75) is 18.8 Å². The Hall–Kier alpha value is -5.99. The molecule has 0 aliphatic heterocycles. The molecule has 0 N–H and O–H groups in total. The zero-order valence-electron chi connectivity index (χ0n) is 24.8. The SMILES string of the molecule is CC1(c2ccc(-c3ccc(-c4ccccn4)cc3)cc2)C=C(c2nc(-c3ccccc3)nc(-c3ccccc3)n2)C=C(C#N)C1. The average molecular weight is 580 g/mol. The molecule has 5 nitrogen and oxygen atoms in total. The van der Waals surface area contributed by atoms with Crippen LogP contribution in [0.25, 0.3) is 50.7 Å². The third-order valence-electron chi connectivity index (χ3n) is 8.19. The van der Waals surface area contributed by atoms with Crippen LogP contribution in [0.3, 0.4) is 0 Å². The van der Waals surface area contributed by atoms with Gasteiger partial charge in [0.2, 0.25) is 0 Å². The van der Waals surface area contributed by atoms with Gasteiger partial charge in [-0.3, -0.25) is 4.98 Å². The fourth-order valence-electron chi connectivity index (χ4n) is 5.80. The second-order valence-corrected chi connectivity index (χ2v) is 11.4. The number of rotatable bonds is 6. The Labute approximate surface area is 263 Å². The molecule has 0 saturated carbocycles. The zero-order valence-corrected chi connectivity index (χ0v) is 24.8. The zero-order chi connectivity index (χ0) is 30.6. The van der Waals surface area contributed by atoms with Crippen LogP contribution in [0, 0.1) is 11.3 Å². The van der Waals surface area contributed by atoms with Crippen molar-refractivity contribution in [1.29, 1.82) is 5.26 Å². The summed E-state index contributed by atoms with van der Waals surface area (Å²) in [5.74, 6) is 1.74. The minimum absolute atomic E-state index is 0.428. The van der Waals surface area contributed by atoms with Crippen LogP contribution in [-0.4, -0.2) is 19.9 Å². The van der Waals surface area contributed by atoms with Gasteiger partial charge in [-0.15, -0.1) is 0 Å². The fraction of sp³-hybridized carbons (Fsp3) is 0.0750. The summed E-state index contributed by atoms with van der Waals surface area (Å²) in [5, 5.41) is 10.1. The van der Waals surface area contributed by atoms with Crippen molar-refractivity contribution in [2.75, 3.05) is 0 Å². The molecule has 1 aliphatic rings. The van der Waals surface area contributed by atoms with E-state index >= 15 is 0 Å². The number of pyridine rings is 1. The Bertz CT molecular complexity index is 2000. The van der Waals surface area contributed by atoms with E-state index in [1.54, 1.807) is 0 Å². The molecule has 1 aliphatic carbocycles. The first-order valence-corrected chi connectivity index (χ1v) is 14.9. The molecule has 1 unspecified atom stereocenters. The minimum atomic E-state index is -0.428. The molecule has 45 heavy (non-hydrogen) atoms. The van der Waals surface area contributed by atoms with Crippen molar-refractivity contribution in [3.63, 3.8) is 0 Å². The third kappa shape index (κ3) is 5.82. The van der Waals surface area contributed by atoms with E-state index in [0.717, 1.165) is 44.6 Å². The van der Waals surface area contributed by atoms with E-state index in [1.807, 2.05) is 91.1 Å². The predicted octanol–water partition coefficient (Wildman–Crippen LogP) is 9.13. The molecule has 1 atom stereocenters. The van der Waals surface area contributed by atoms with E-state index in [-0.39, 0.29) is 0 Å². The highest BCUT2D eigenvalue weighted by molar-refractivity contribution is 5.77. The number of hydrogen-bond acceptors (Lipinski definition) is 5. The summed E-state index contributed by atoms with van der Waals surface area (Å²) in [6.07, 6.45) is 6.51. The van der Waals surface area contributed by atoms with Gasteiger partial charge in [-0.25, -0.2) is 15.0 Å². The molecule has 0 amide bonds. The fourth-order valence-corrected chi connectivity index (χ4v) is 5.80. The van der Waals surface area contributed by atoms with Crippen LogP contribution in [0.2, 0.25) is 0 Å². The molecule has 5 heteroatoms. The van der Waals surface area contributed by atoms with Gasteiger partial charge in [-0.1, -0.05) is 128 Å². The molecule has 2 heterocycles. The molecule has 214 valence electrons. The molecule has 6 aromatic rings. The monoisotopic (exact) mass is 579 g/mol. The number of nitrogens with zero attached hydrogens (tertiary/aromatic N) is 5. The van der Waals surface area contributed by atoms with Crippen LogP contribution in [0.15, 0.2) is 151 Å². The highest BCUT2D eigenvalue weighted by Crippen LogP contribution is 2.40. The number of hydrogen-bond donors (Lipinski definition) is 0. The molecule has 0 saturated heterocycles. The number of aromatic nitrogens is 4. The first kappa shape index (κ1) is 27.8. The molecule has 4 aromatic carbocycles. The quantitative estimate of drug-likeness (QED) is 0.197. The van der Waals surface area contributed by atoms with Gasteiger partial charge >= 0.3 is 0 Å². The van der Waals surface area contributed by atoms with Crippen LogP contribution in [0.5, 0.6) is 0 Å². The lowest BCUT2D eigenvalue weighted by Gasteiger charge is -2.30. The Morgan fingerprint density at radius 3 is 1.67 bits per heavy atom. The maximum Gasteiger partial charge on any atom is 0.164 e. The summed E-state index contributed by atoms with van der Waals surface area (Å²) < 4.78 is 0. The van der Waals surface area contributed by atoms with Gasteiger partial charge in [0.1, 0.15) is 0 Å².